The molecule has 1 heterocycles. The van der Waals surface area contributed by atoms with Crippen molar-refractivity contribution in [2.75, 3.05) is 12.4 Å². The molecule has 2 aromatic rings. The lowest BCUT2D eigenvalue weighted by atomic mass is 10.2. The van der Waals surface area contributed by atoms with Crippen LogP contribution in [0.2, 0.25) is 0 Å². The first-order chi connectivity index (χ1) is 8.60. The summed E-state index contributed by atoms with van der Waals surface area (Å²) in [5.74, 6) is 0.328. The Labute approximate surface area is 105 Å². The van der Waals surface area contributed by atoms with Crippen LogP contribution in [-0.4, -0.2) is 16.9 Å². The van der Waals surface area contributed by atoms with E-state index in [-0.39, 0.29) is 5.82 Å². The Morgan fingerprint density at radius 1 is 1.39 bits per heavy atom. The quantitative estimate of drug-likeness (QED) is 0.904. The monoisotopic (exact) mass is 249 g/mol. The van der Waals surface area contributed by atoms with Gasteiger partial charge < -0.3 is 10.1 Å². The number of hydrogen-bond donors (Lipinski definition) is 1. The highest BCUT2D eigenvalue weighted by Gasteiger charge is 2.06. The number of nitrogens with zero attached hydrogens (tertiary/aromatic N) is 2. The van der Waals surface area contributed by atoms with Gasteiger partial charge in [-0.1, -0.05) is 0 Å². The molecule has 1 aromatic carbocycles. The largest absolute Gasteiger partial charge is 0.497 e. The average molecular weight is 249 g/mol. The molecule has 5 heteroatoms. The van der Waals surface area contributed by atoms with Crippen molar-refractivity contribution in [2.24, 2.45) is 7.05 Å². The van der Waals surface area contributed by atoms with E-state index in [1.54, 1.807) is 23.9 Å². The second kappa shape index (κ2) is 5.08. The zero-order chi connectivity index (χ0) is 13.1. The van der Waals surface area contributed by atoms with Crippen molar-refractivity contribution in [3.05, 3.63) is 41.5 Å². The van der Waals surface area contributed by atoms with Crippen molar-refractivity contribution >= 4 is 5.69 Å². The maximum Gasteiger partial charge on any atom is 0.146 e. The molecule has 2 rings (SSSR count). The Balaban J connectivity index is 2.12. The zero-order valence-electron chi connectivity index (χ0n) is 10.7. The number of aryl methyl sites for hydroxylation is 2. The van der Waals surface area contributed by atoms with Gasteiger partial charge in [-0.3, -0.25) is 4.68 Å². The molecule has 0 radical (unpaired) electrons. The molecular weight excluding hydrogens is 233 g/mol. The summed E-state index contributed by atoms with van der Waals surface area (Å²) in [6.07, 6.45) is 0. The number of hydrogen-bond acceptors (Lipinski definition) is 3. The van der Waals surface area contributed by atoms with Crippen molar-refractivity contribution in [1.29, 1.82) is 0 Å². The Kier molecular flexibility index (Phi) is 3.50. The van der Waals surface area contributed by atoms with Crippen LogP contribution in [0.3, 0.4) is 0 Å². The summed E-state index contributed by atoms with van der Waals surface area (Å²) in [7, 11) is 3.42. The van der Waals surface area contributed by atoms with Crippen LogP contribution in [0.25, 0.3) is 0 Å². The van der Waals surface area contributed by atoms with Crippen LogP contribution in [0.1, 0.15) is 11.4 Å². The minimum Gasteiger partial charge on any atom is -0.497 e. The number of rotatable bonds is 4. The molecule has 0 saturated carbocycles. The van der Waals surface area contributed by atoms with E-state index in [4.69, 9.17) is 4.74 Å². The van der Waals surface area contributed by atoms with Gasteiger partial charge in [-0.25, -0.2) is 4.39 Å². The first kappa shape index (κ1) is 12.4. The smallest absolute Gasteiger partial charge is 0.146 e. The van der Waals surface area contributed by atoms with Crippen LogP contribution in [0.15, 0.2) is 24.3 Å². The summed E-state index contributed by atoms with van der Waals surface area (Å²) in [5.41, 5.74) is 2.36. The van der Waals surface area contributed by atoms with Crippen LogP contribution >= 0.6 is 0 Å². The van der Waals surface area contributed by atoms with E-state index in [1.165, 1.54) is 6.07 Å². The van der Waals surface area contributed by atoms with E-state index in [0.29, 0.717) is 18.0 Å². The molecule has 0 aliphatic carbocycles. The number of aromatic nitrogens is 2. The Bertz CT molecular complexity index is 551. The summed E-state index contributed by atoms with van der Waals surface area (Å²) in [6, 6.07) is 6.58. The summed E-state index contributed by atoms with van der Waals surface area (Å²) in [5, 5.41) is 7.28. The van der Waals surface area contributed by atoms with E-state index < -0.39 is 0 Å². The van der Waals surface area contributed by atoms with E-state index in [9.17, 15) is 4.39 Å². The number of nitrogens with one attached hydrogen (secondary N) is 1. The second-order valence-corrected chi connectivity index (χ2v) is 4.10. The molecule has 0 amide bonds. The van der Waals surface area contributed by atoms with Gasteiger partial charge >= 0.3 is 0 Å². The van der Waals surface area contributed by atoms with Gasteiger partial charge in [0.05, 0.1) is 30.7 Å². The second-order valence-electron chi connectivity index (χ2n) is 4.10. The topological polar surface area (TPSA) is 39.1 Å². The number of halogens is 1. The molecule has 0 bridgehead atoms. The SMILES string of the molecule is COc1ccc(F)c(NCc2cc(C)nn2C)c1. The molecule has 0 aliphatic heterocycles. The minimum atomic E-state index is -0.297. The highest BCUT2D eigenvalue weighted by Crippen LogP contribution is 2.21. The fourth-order valence-corrected chi connectivity index (χ4v) is 1.78. The van der Waals surface area contributed by atoms with Crippen molar-refractivity contribution in [1.82, 2.24) is 9.78 Å². The maximum absolute atomic E-state index is 13.6. The fraction of sp³-hybridized carbons (Fsp3) is 0.308. The predicted octanol–water partition coefficient (Wildman–Crippen LogP) is 2.49. The van der Waals surface area contributed by atoms with E-state index >= 15 is 0 Å². The van der Waals surface area contributed by atoms with Gasteiger partial charge in [-0.2, -0.15) is 5.10 Å². The molecule has 1 aromatic heterocycles. The summed E-state index contributed by atoms with van der Waals surface area (Å²) in [4.78, 5) is 0. The van der Waals surface area contributed by atoms with Crippen LogP contribution < -0.4 is 10.1 Å². The summed E-state index contributed by atoms with van der Waals surface area (Å²) in [6.45, 7) is 2.44. The van der Waals surface area contributed by atoms with Gasteiger partial charge in [0.15, 0.2) is 0 Å². The maximum atomic E-state index is 13.6. The highest BCUT2D eigenvalue weighted by molar-refractivity contribution is 5.49. The molecule has 4 nitrogen and oxygen atoms in total. The van der Waals surface area contributed by atoms with Crippen molar-refractivity contribution in [3.8, 4) is 5.75 Å². The number of ether oxygens (including phenoxy) is 1. The number of methoxy groups -OCH3 is 1. The Morgan fingerprint density at radius 2 is 2.17 bits per heavy atom. The zero-order valence-corrected chi connectivity index (χ0v) is 10.7. The molecule has 0 saturated heterocycles. The molecule has 0 unspecified atom stereocenters. The molecule has 1 N–H and O–H groups in total. The summed E-state index contributed by atoms with van der Waals surface area (Å²) >= 11 is 0. The molecule has 0 fully saturated rings. The van der Waals surface area contributed by atoms with Crippen LogP contribution in [0.4, 0.5) is 10.1 Å². The fourth-order valence-electron chi connectivity index (χ4n) is 1.78. The molecule has 0 spiro atoms. The lowest BCUT2D eigenvalue weighted by Gasteiger charge is -2.09. The van der Waals surface area contributed by atoms with Crippen molar-refractivity contribution in [2.45, 2.75) is 13.5 Å². The lowest BCUT2D eigenvalue weighted by Crippen LogP contribution is -2.06. The Hall–Kier alpha value is -2.04. The molecule has 0 aliphatic rings. The van der Waals surface area contributed by atoms with Crippen LogP contribution in [-0.2, 0) is 13.6 Å². The van der Waals surface area contributed by atoms with E-state index in [2.05, 4.69) is 10.4 Å². The third-order valence-electron chi connectivity index (χ3n) is 2.73. The first-order valence-electron chi connectivity index (χ1n) is 5.67. The van der Waals surface area contributed by atoms with Gasteiger partial charge in [-0.05, 0) is 25.1 Å². The van der Waals surface area contributed by atoms with Gasteiger partial charge in [0, 0.05) is 13.1 Å². The number of anilines is 1. The van der Waals surface area contributed by atoms with Crippen molar-refractivity contribution in [3.63, 3.8) is 0 Å². The van der Waals surface area contributed by atoms with E-state index in [0.717, 1.165) is 11.4 Å². The Morgan fingerprint density at radius 3 is 2.78 bits per heavy atom. The van der Waals surface area contributed by atoms with Gasteiger partial charge in [0.2, 0.25) is 0 Å². The lowest BCUT2D eigenvalue weighted by molar-refractivity contribution is 0.414. The molecule has 0 atom stereocenters. The first-order valence-corrected chi connectivity index (χ1v) is 5.67. The van der Waals surface area contributed by atoms with Crippen LogP contribution in [0.5, 0.6) is 5.75 Å². The van der Waals surface area contributed by atoms with Crippen LogP contribution in [0, 0.1) is 12.7 Å². The average Bonchev–Trinajstić information content (AvgIpc) is 2.67. The van der Waals surface area contributed by atoms with Crippen molar-refractivity contribution < 1.29 is 9.13 Å². The van der Waals surface area contributed by atoms with Gasteiger partial charge in [0.25, 0.3) is 0 Å². The minimum absolute atomic E-state index is 0.297. The normalized spacial score (nSPS) is 10.4. The third-order valence-corrected chi connectivity index (χ3v) is 2.73. The molecule has 96 valence electrons. The predicted molar refractivity (Wildman–Crippen MR) is 68.2 cm³/mol. The summed E-state index contributed by atoms with van der Waals surface area (Å²) < 4.78 is 20.4. The molecule has 18 heavy (non-hydrogen) atoms. The third kappa shape index (κ3) is 2.61. The molecular formula is C13H16FN3O. The van der Waals surface area contributed by atoms with Gasteiger partial charge in [0.1, 0.15) is 11.6 Å². The van der Waals surface area contributed by atoms with E-state index in [1.807, 2.05) is 20.0 Å². The number of benzene rings is 1. The van der Waals surface area contributed by atoms with Gasteiger partial charge in [-0.15, -0.1) is 0 Å². The highest BCUT2D eigenvalue weighted by atomic mass is 19.1. The standard InChI is InChI=1S/C13H16FN3O/c1-9-6-10(17(2)16-9)8-15-13-7-11(18-3)4-5-12(13)14/h4-7,15H,8H2,1-3H3.